The van der Waals surface area contributed by atoms with Crippen molar-refractivity contribution in [2.45, 2.75) is 0 Å². The number of rotatable bonds is 0. The molecule has 0 aromatic carbocycles. The summed E-state index contributed by atoms with van der Waals surface area (Å²) in [6, 6.07) is 0. The van der Waals surface area contributed by atoms with Gasteiger partial charge >= 0.3 is 77.6 Å². The van der Waals surface area contributed by atoms with Crippen molar-refractivity contribution in [2.24, 2.45) is 0 Å². The maximum absolute atomic E-state index is 0. The Morgan fingerprint density at radius 3 is 0.800 bits per heavy atom. The third-order valence-electron chi connectivity index (χ3n) is 0. The SMILES string of the molecule is [Bi+3].[H-].[I-].[I-].[I-].[K+]. The van der Waals surface area contributed by atoms with Gasteiger partial charge in [0.25, 0.3) is 0 Å². The van der Waals surface area contributed by atoms with Crippen LogP contribution in [-0.2, 0) is 0 Å². The molecule has 0 fully saturated rings. The van der Waals surface area contributed by atoms with Crippen LogP contribution in [0.5, 0.6) is 0 Å². The Hall–Kier alpha value is 4.71. The van der Waals surface area contributed by atoms with Gasteiger partial charge in [-0.25, -0.2) is 0 Å². The van der Waals surface area contributed by atoms with E-state index < -0.39 is 0 Å². The van der Waals surface area contributed by atoms with Gasteiger partial charge in [0.05, 0.1) is 0 Å². The van der Waals surface area contributed by atoms with E-state index in [0.717, 1.165) is 0 Å². The van der Waals surface area contributed by atoms with Crippen molar-refractivity contribution < 1.29 is 125 Å². The first-order chi connectivity index (χ1) is 0. The van der Waals surface area contributed by atoms with Gasteiger partial charge in [-0.1, -0.05) is 0 Å². The molecule has 0 saturated carbocycles. The molecule has 0 aliphatic heterocycles. The van der Waals surface area contributed by atoms with Crippen LogP contribution in [0.25, 0.3) is 0 Å². The molecule has 0 aromatic rings. The molecule has 5 heteroatoms. The van der Waals surface area contributed by atoms with Crippen LogP contribution in [0.15, 0.2) is 0 Å². The summed E-state index contributed by atoms with van der Waals surface area (Å²) in [4.78, 5) is 0. The molecule has 0 amide bonds. The summed E-state index contributed by atoms with van der Waals surface area (Å²) < 4.78 is 0. The van der Waals surface area contributed by atoms with E-state index in [2.05, 4.69) is 0 Å². The van der Waals surface area contributed by atoms with Gasteiger partial charge in [-0.2, -0.15) is 0 Å². The molecule has 0 aliphatic carbocycles. The standard InChI is InChI=1S/Bi.3HI.K.H/h;3*1H;;/q+3;;;;+1;-1/p-3. The zero-order chi connectivity index (χ0) is 0. The first kappa shape index (κ1) is 33.2. The normalized spacial score (nSPS) is 0. The van der Waals surface area contributed by atoms with Gasteiger partial charge in [-0.3, -0.25) is 0 Å². The van der Waals surface area contributed by atoms with E-state index in [1.54, 1.807) is 0 Å². The number of hydrogen-bond acceptors (Lipinski definition) is 0. The van der Waals surface area contributed by atoms with E-state index in [-0.39, 0.29) is 151 Å². The Labute approximate surface area is 146 Å². The fourth-order valence-electron chi connectivity index (χ4n) is 0. The Kier molecular flexibility index (Phi) is 155. The summed E-state index contributed by atoms with van der Waals surface area (Å²) in [6.07, 6.45) is 0. The van der Waals surface area contributed by atoms with Crippen molar-refractivity contribution in [2.75, 3.05) is 0 Å². The monoisotopic (exact) mass is 630 g/mol. The second-order valence-electron chi connectivity index (χ2n) is 0. The van der Waals surface area contributed by atoms with Gasteiger partial charge in [-0.15, -0.1) is 0 Å². The van der Waals surface area contributed by atoms with Gasteiger partial charge < -0.3 is 73.4 Å². The number of halogens is 3. The summed E-state index contributed by atoms with van der Waals surface area (Å²) in [6.45, 7) is 0. The predicted molar refractivity (Wildman–Crippen MR) is 6.87 cm³/mol. The molecule has 0 nitrogen and oxygen atoms in total. The molecule has 0 atom stereocenters. The third kappa shape index (κ3) is 17.7. The molecule has 0 aliphatic rings. The van der Waals surface area contributed by atoms with E-state index in [0.29, 0.717) is 0 Å². The average Bonchev–Trinajstić information content (AvgIpc) is 0. The Morgan fingerprint density at radius 1 is 0.800 bits per heavy atom. The second-order valence-corrected chi connectivity index (χ2v) is 0. The Morgan fingerprint density at radius 2 is 0.800 bits per heavy atom. The van der Waals surface area contributed by atoms with Crippen LogP contribution in [0, 0.1) is 0 Å². The molecule has 2 radical (unpaired) electrons. The quantitative estimate of drug-likeness (QED) is 0.185. The van der Waals surface area contributed by atoms with E-state index in [1.807, 2.05) is 0 Å². The van der Waals surface area contributed by atoms with Gasteiger partial charge in [0, 0.05) is 0 Å². The maximum atomic E-state index is 0. The average molecular weight is 630 g/mol. The van der Waals surface area contributed by atoms with Gasteiger partial charge in [-0.05, 0) is 0 Å². The smallest absolute Gasteiger partial charge is 1.00 e. The minimum atomic E-state index is 0. The molecule has 0 aromatic heterocycles. The van der Waals surface area contributed by atoms with Crippen molar-refractivity contribution >= 4 is 26.2 Å². The summed E-state index contributed by atoms with van der Waals surface area (Å²) in [5.74, 6) is 0. The van der Waals surface area contributed by atoms with Crippen molar-refractivity contribution in [1.82, 2.24) is 0 Å². The van der Waals surface area contributed by atoms with Crippen LogP contribution in [0.1, 0.15) is 1.43 Å². The van der Waals surface area contributed by atoms with Crippen LogP contribution in [-0.4, -0.2) is 26.2 Å². The van der Waals surface area contributed by atoms with Crippen LogP contribution in [0.4, 0.5) is 0 Å². The van der Waals surface area contributed by atoms with Crippen LogP contribution < -0.4 is 123 Å². The first-order valence-electron chi connectivity index (χ1n) is 0. The molecule has 5 heavy (non-hydrogen) atoms. The summed E-state index contributed by atoms with van der Waals surface area (Å²) in [5.41, 5.74) is 0. The van der Waals surface area contributed by atoms with E-state index in [4.69, 9.17) is 0 Å². The Balaban J connectivity index is 0. The van der Waals surface area contributed by atoms with E-state index in [9.17, 15) is 0 Å². The third-order valence-corrected chi connectivity index (χ3v) is 0. The second kappa shape index (κ2) is 23.3. The van der Waals surface area contributed by atoms with Crippen LogP contribution >= 0.6 is 0 Å². The number of hydrogen-bond donors (Lipinski definition) is 0. The molecule has 0 N–H and O–H groups in total. The van der Waals surface area contributed by atoms with Gasteiger partial charge in [0.2, 0.25) is 0 Å². The summed E-state index contributed by atoms with van der Waals surface area (Å²) in [5, 5.41) is 0. The van der Waals surface area contributed by atoms with Crippen molar-refractivity contribution in [3.8, 4) is 0 Å². The molecular formula is HBiI3K. The molecular weight excluding hydrogens is 629 g/mol. The van der Waals surface area contributed by atoms with Crippen LogP contribution in [0.2, 0.25) is 0 Å². The van der Waals surface area contributed by atoms with Crippen molar-refractivity contribution in [1.29, 1.82) is 0 Å². The van der Waals surface area contributed by atoms with E-state index in [1.165, 1.54) is 0 Å². The molecule has 28 valence electrons. The maximum Gasteiger partial charge on any atom is 3.00 e. The molecule has 0 bridgehead atoms. The minimum absolute atomic E-state index is 0. The fraction of sp³-hybridized carbons (Fsp3) is 0. The molecule has 0 heterocycles. The fourth-order valence-corrected chi connectivity index (χ4v) is 0. The molecule has 0 spiro atoms. The minimum Gasteiger partial charge on any atom is -1.00 e. The molecule has 0 saturated heterocycles. The van der Waals surface area contributed by atoms with Crippen molar-refractivity contribution in [3.63, 3.8) is 0 Å². The van der Waals surface area contributed by atoms with Gasteiger partial charge in [0.15, 0.2) is 0 Å². The topological polar surface area (TPSA) is 0 Å². The summed E-state index contributed by atoms with van der Waals surface area (Å²) >= 11 is 0. The largest absolute Gasteiger partial charge is 3.00 e. The predicted octanol–water partition coefficient (Wildman–Crippen LogP) is -12.3. The molecule has 0 rings (SSSR count). The first-order valence-corrected chi connectivity index (χ1v) is 0. The zero-order valence-corrected chi connectivity index (χ0v) is 15.7. The van der Waals surface area contributed by atoms with E-state index >= 15 is 0 Å². The Bertz CT molecular complexity index is 10.8. The summed E-state index contributed by atoms with van der Waals surface area (Å²) in [7, 11) is 0. The zero-order valence-electron chi connectivity index (χ0n) is 3.58. The molecule has 0 unspecified atom stereocenters. The van der Waals surface area contributed by atoms with Gasteiger partial charge in [0.1, 0.15) is 0 Å². The van der Waals surface area contributed by atoms with Crippen LogP contribution in [0.3, 0.4) is 0 Å². The van der Waals surface area contributed by atoms with Crippen molar-refractivity contribution in [3.05, 3.63) is 0 Å².